The van der Waals surface area contributed by atoms with Crippen LogP contribution in [0.3, 0.4) is 0 Å². The van der Waals surface area contributed by atoms with E-state index in [4.69, 9.17) is 4.74 Å². The molecule has 1 N–H and O–H groups in total. The van der Waals surface area contributed by atoms with E-state index in [-0.39, 0.29) is 6.04 Å². The smallest absolute Gasteiger partial charge is 0.130 e. The molecule has 170 valence electrons. The number of fused-ring (bicyclic) bond motifs is 1. The molecule has 5 nitrogen and oxygen atoms in total. The molecule has 0 spiro atoms. The van der Waals surface area contributed by atoms with Crippen molar-refractivity contribution >= 4 is 27.4 Å². The predicted molar refractivity (Wildman–Crippen MR) is 139 cm³/mol. The van der Waals surface area contributed by atoms with Gasteiger partial charge in [-0.25, -0.2) is 15.0 Å². The van der Waals surface area contributed by atoms with E-state index in [9.17, 15) is 0 Å². The molecule has 0 aliphatic rings. The number of nitrogens with zero attached hydrogens (tertiary/aromatic N) is 3. The van der Waals surface area contributed by atoms with Gasteiger partial charge in [-0.05, 0) is 56.2 Å². The molecule has 1 atom stereocenters. The third kappa shape index (κ3) is 5.07. The fraction of sp³-hybridized carbons (Fsp3) is 0.179. The molecule has 5 rings (SSSR count). The number of nitrogens with one attached hydrogen (secondary N) is 1. The van der Waals surface area contributed by atoms with E-state index in [2.05, 4.69) is 82.6 Å². The summed E-state index contributed by atoms with van der Waals surface area (Å²) in [7, 11) is 0. The molecular weight excluding hydrogens is 440 g/mol. The molecular formula is C28H26N4OS. The fourth-order valence-corrected chi connectivity index (χ4v) is 4.55. The molecule has 2 aromatic heterocycles. The lowest BCUT2D eigenvalue weighted by molar-refractivity contribution is 0.306. The minimum absolute atomic E-state index is 0.0500. The Morgan fingerprint density at radius 2 is 1.79 bits per heavy atom. The van der Waals surface area contributed by atoms with Crippen molar-refractivity contribution in [1.29, 1.82) is 0 Å². The maximum Gasteiger partial charge on any atom is 0.130 e. The highest BCUT2D eigenvalue weighted by atomic mass is 32.1. The first kappa shape index (κ1) is 22.0. The minimum atomic E-state index is 0.0500. The first-order valence-corrected chi connectivity index (χ1v) is 12.2. The number of hydrogen-bond acceptors (Lipinski definition) is 6. The highest BCUT2D eigenvalue weighted by Crippen LogP contribution is 2.28. The van der Waals surface area contributed by atoms with Crippen LogP contribution in [0.2, 0.25) is 0 Å². The zero-order valence-electron chi connectivity index (χ0n) is 19.4. The molecule has 0 aliphatic heterocycles. The maximum atomic E-state index is 6.04. The Morgan fingerprint density at radius 1 is 0.941 bits per heavy atom. The van der Waals surface area contributed by atoms with Crippen molar-refractivity contribution in [3.63, 3.8) is 0 Å². The largest absolute Gasteiger partial charge is 0.489 e. The van der Waals surface area contributed by atoms with Crippen LogP contribution in [0.25, 0.3) is 21.5 Å². The highest BCUT2D eigenvalue weighted by Gasteiger charge is 2.11. The van der Waals surface area contributed by atoms with E-state index in [1.54, 1.807) is 11.3 Å². The molecule has 0 fully saturated rings. The molecule has 0 saturated carbocycles. The van der Waals surface area contributed by atoms with Crippen molar-refractivity contribution < 1.29 is 4.74 Å². The van der Waals surface area contributed by atoms with Crippen molar-refractivity contribution in [2.24, 2.45) is 0 Å². The molecule has 0 aliphatic carbocycles. The lowest BCUT2D eigenvalue weighted by atomic mass is 10.1. The van der Waals surface area contributed by atoms with Gasteiger partial charge in [0.1, 0.15) is 24.0 Å². The Morgan fingerprint density at radius 3 is 2.65 bits per heavy atom. The monoisotopic (exact) mass is 466 g/mol. The summed E-state index contributed by atoms with van der Waals surface area (Å²) < 4.78 is 7.19. The van der Waals surface area contributed by atoms with Crippen LogP contribution in [-0.2, 0) is 6.61 Å². The molecule has 0 bridgehead atoms. The van der Waals surface area contributed by atoms with E-state index in [1.165, 1.54) is 5.56 Å². The van der Waals surface area contributed by atoms with Crippen LogP contribution < -0.4 is 10.1 Å². The van der Waals surface area contributed by atoms with E-state index in [1.807, 2.05) is 36.7 Å². The number of aryl methyl sites for hydroxylation is 2. The van der Waals surface area contributed by atoms with Crippen molar-refractivity contribution in [3.8, 4) is 17.0 Å². The standard InChI is InChI=1S/C28H26N4OS/c1-18-7-9-21(10-8-18)16-33-24-6-4-5-22(13-24)19(2)30-28-15-26(31-20(3)32-28)23-11-12-25-27(14-23)34-17-29-25/h4-15,17,19H,16H2,1-3H3,(H,30,31,32). The first-order valence-electron chi connectivity index (χ1n) is 11.3. The Balaban J connectivity index is 1.31. The summed E-state index contributed by atoms with van der Waals surface area (Å²) in [5.74, 6) is 2.38. The van der Waals surface area contributed by atoms with Gasteiger partial charge in [0.25, 0.3) is 0 Å². The van der Waals surface area contributed by atoms with Crippen LogP contribution in [0.15, 0.2) is 78.3 Å². The predicted octanol–water partition coefficient (Wildman–Crippen LogP) is 7.12. The normalized spacial score (nSPS) is 12.0. The summed E-state index contributed by atoms with van der Waals surface area (Å²) in [5.41, 5.74) is 8.37. The van der Waals surface area contributed by atoms with Crippen LogP contribution in [0.4, 0.5) is 5.82 Å². The molecule has 5 aromatic rings. The van der Waals surface area contributed by atoms with Gasteiger partial charge < -0.3 is 10.1 Å². The van der Waals surface area contributed by atoms with Crippen molar-refractivity contribution in [2.75, 3.05) is 5.32 Å². The summed E-state index contributed by atoms with van der Waals surface area (Å²) in [6, 6.07) is 24.9. The van der Waals surface area contributed by atoms with Crippen molar-refractivity contribution in [1.82, 2.24) is 15.0 Å². The highest BCUT2D eigenvalue weighted by molar-refractivity contribution is 7.16. The molecule has 0 amide bonds. The fourth-order valence-electron chi connectivity index (χ4n) is 3.83. The van der Waals surface area contributed by atoms with Crippen molar-refractivity contribution in [2.45, 2.75) is 33.4 Å². The summed E-state index contributed by atoms with van der Waals surface area (Å²) in [6.07, 6.45) is 0. The van der Waals surface area contributed by atoms with Crippen LogP contribution >= 0.6 is 11.3 Å². The van der Waals surface area contributed by atoms with Gasteiger partial charge in [-0.15, -0.1) is 11.3 Å². The number of rotatable bonds is 7. The molecule has 0 saturated heterocycles. The molecule has 1 unspecified atom stereocenters. The van der Waals surface area contributed by atoms with Gasteiger partial charge in [-0.1, -0.05) is 48.0 Å². The zero-order valence-corrected chi connectivity index (χ0v) is 20.3. The number of ether oxygens (including phenoxy) is 1. The number of anilines is 1. The van der Waals surface area contributed by atoms with Crippen LogP contribution in [0.1, 0.15) is 35.5 Å². The molecule has 6 heteroatoms. The van der Waals surface area contributed by atoms with E-state index < -0.39 is 0 Å². The van der Waals surface area contributed by atoms with Gasteiger partial charge in [0.15, 0.2) is 0 Å². The average molecular weight is 467 g/mol. The topological polar surface area (TPSA) is 59.9 Å². The summed E-state index contributed by atoms with van der Waals surface area (Å²) >= 11 is 1.63. The SMILES string of the molecule is Cc1ccc(COc2cccc(C(C)Nc3cc(-c4ccc5ncsc5c4)nc(C)n3)c2)cc1. The first-order chi connectivity index (χ1) is 16.5. The van der Waals surface area contributed by atoms with Gasteiger partial charge in [0.2, 0.25) is 0 Å². The van der Waals surface area contributed by atoms with Gasteiger partial charge >= 0.3 is 0 Å². The number of thiazole rings is 1. The summed E-state index contributed by atoms with van der Waals surface area (Å²) in [5, 5.41) is 3.53. The molecule has 0 radical (unpaired) electrons. The molecule has 34 heavy (non-hydrogen) atoms. The Bertz CT molecular complexity index is 1430. The van der Waals surface area contributed by atoms with E-state index in [0.717, 1.165) is 50.0 Å². The second-order valence-electron chi connectivity index (χ2n) is 8.43. The van der Waals surface area contributed by atoms with E-state index in [0.29, 0.717) is 6.61 Å². The van der Waals surface area contributed by atoms with Gasteiger partial charge in [-0.2, -0.15) is 0 Å². The number of hydrogen-bond donors (Lipinski definition) is 1. The van der Waals surface area contributed by atoms with Crippen LogP contribution in [0.5, 0.6) is 5.75 Å². The molecule has 2 heterocycles. The lowest BCUT2D eigenvalue weighted by Crippen LogP contribution is -2.09. The Kier molecular flexibility index (Phi) is 6.23. The molecule has 3 aromatic carbocycles. The van der Waals surface area contributed by atoms with Gasteiger partial charge in [0, 0.05) is 11.6 Å². The summed E-state index contributed by atoms with van der Waals surface area (Å²) in [4.78, 5) is 13.6. The lowest BCUT2D eigenvalue weighted by Gasteiger charge is -2.17. The van der Waals surface area contributed by atoms with Crippen LogP contribution in [-0.4, -0.2) is 15.0 Å². The second-order valence-corrected chi connectivity index (χ2v) is 9.32. The summed E-state index contributed by atoms with van der Waals surface area (Å²) in [6.45, 7) is 6.68. The zero-order chi connectivity index (χ0) is 23.5. The average Bonchev–Trinajstić information content (AvgIpc) is 3.31. The number of aromatic nitrogens is 3. The Labute approximate surface area is 203 Å². The van der Waals surface area contributed by atoms with Crippen molar-refractivity contribution in [3.05, 3.63) is 101 Å². The third-order valence-corrected chi connectivity index (χ3v) is 6.51. The van der Waals surface area contributed by atoms with Crippen LogP contribution in [0, 0.1) is 13.8 Å². The maximum absolute atomic E-state index is 6.04. The quantitative estimate of drug-likeness (QED) is 0.277. The van der Waals surface area contributed by atoms with E-state index >= 15 is 0 Å². The minimum Gasteiger partial charge on any atom is -0.489 e. The third-order valence-electron chi connectivity index (χ3n) is 5.71. The van der Waals surface area contributed by atoms with Gasteiger partial charge in [0.05, 0.1) is 27.5 Å². The van der Waals surface area contributed by atoms with Gasteiger partial charge in [-0.3, -0.25) is 0 Å². The Hall–Kier alpha value is -3.77. The second kappa shape index (κ2) is 9.61. The number of benzene rings is 3.